The van der Waals surface area contributed by atoms with Crippen molar-refractivity contribution in [3.8, 4) is 0 Å². The van der Waals surface area contributed by atoms with Crippen LogP contribution in [0.3, 0.4) is 0 Å². The first-order chi connectivity index (χ1) is 12.4. The van der Waals surface area contributed by atoms with Crippen molar-refractivity contribution in [1.29, 1.82) is 0 Å². The molecule has 1 saturated heterocycles. The maximum Gasteiger partial charge on any atom is 0.223 e. The fourth-order valence-corrected chi connectivity index (χ4v) is 4.03. The Hall–Kier alpha value is -1.92. The van der Waals surface area contributed by atoms with Crippen LogP contribution in [0, 0.1) is 11.8 Å². The lowest BCUT2D eigenvalue weighted by molar-refractivity contribution is -0.141. The minimum Gasteiger partial charge on any atom is -0.370 e. The number of carbonyl (C=O) groups is 4. The number of nitrogens with zero attached hydrogens (tertiary/aromatic N) is 1. The second-order valence-corrected chi connectivity index (χ2v) is 7.83. The summed E-state index contributed by atoms with van der Waals surface area (Å²) < 4.78 is 0. The van der Waals surface area contributed by atoms with Crippen molar-refractivity contribution >= 4 is 23.5 Å². The van der Waals surface area contributed by atoms with Crippen molar-refractivity contribution in [3.63, 3.8) is 0 Å². The van der Waals surface area contributed by atoms with Gasteiger partial charge in [-0.25, -0.2) is 0 Å². The normalized spacial score (nSPS) is 23.0. The first kappa shape index (κ1) is 20.4. The van der Waals surface area contributed by atoms with Gasteiger partial charge in [0, 0.05) is 25.8 Å². The molecule has 2 aliphatic rings. The van der Waals surface area contributed by atoms with Gasteiger partial charge >= 0.3 is 0 Å². The lowest BCUT2D eigenvalue weighted by Gasteiger charge is -2.35. The average Bonchev–Trinajstić information content (AvgIpc) is 2.74. The number of rotatable bonds is 7. The van der Waals surface area contributed by atoms with Crippen molar-refractivity contribution in [1.82, 2.24) is 10.2 Å². The molecule has 1 heterocycles. The molecule has 0 aromatic rings. The quantitative estimate of drug-likeness (QED) is 0.705. The van der Waals surface area contributed by atoms with Crippen molar-refractivity contribution in [2.24, 2.45) is 17.6 Å². The van der Waals surface area contributed by atoms with Gasteiger partial charge in [0.15, 0.2) is 5.78 Å². The molecule has 7 heteroatoms. The Bertz CT molecular complexity index is 543. The number of nitrogens with two attached hydrogens (primary N) is 1. The van der Waals surface area contributed by atoms with E-state index in [1.807, 2.05) is 6.92 Å². The van der Waals surface area contributed by atoms with Crippen LogP contribution in [-0.2, 0) is 19.2 Å². The monoisotopic (exact) mass is 365 g/mol. The van der Waals surface area contributed by atoms with Gasteiger partial charge in [-0.3, -0.25) is 19.2 Å². The molecule has 3 N–H and O–H groups in total. The lowest BCUT2D eigenvalue weighted by atomic mass is 9.88. The van der Waals surface area contributed by atoms with Crippen LogP contribution in [0.25, 0.3) is 0 Å². The highest BCUT2D eigenvalue weighted by Gasteiger charge is 2.34. The van der Waals surface area contributed by atoms with Crippen molar-refractivity contribution in [2.75, 3.05) is 13.1 Å². The molecule has 26 heavy (non-hydrogen) atoms. The second kappa shape index (κ2) is 9.69. The van der Waals surface area contributed by atoms with Gasteiger partial charge in [-0.15, -0.1) is 0 Å². The van der Waals surface area contributed by atoms with E-state index >= 15 is 0 Å². The molecule has 0 radical (unpaired) electrons. The van der Waals surface area contributed by atoms with E-state index < -0.39 is 11.9 Å². The molecule has 0 bridgehead atoms. The van der Waals surface area contributed by atoms with E-state index in [0.29, 0.717) is 18.9 Å². The number of hydrogen-bond donors (Lipinski definition) is 2. The van der Waals surface area contributed by atoms with E-state index in [4.69, 9.17) is 5.73 Å². The molecule has 2 fully saturated rings. The Morgan fingerprint density at radius 3 is 2.50 bits per heavy atom. The third-order valence-electron chi connectivity index (χ3n) is 5.43. The molecule has 0 aromatic heterocycles. The molecule has 2 rings (SSSR count). The smallest absolute Gasteiger partial charge is 0.223 e. The highest BCUT2D eigenvalue weighted by molar-refractivity contribution is 5.94. The largest absolute Gasteiger partial charge is 0.370 e. The van der Waals surface area contributed by atoms with Crippen LogP contribution in [0.1, 0.15) is 64.7 Å². The number of ketones is 1. The first-order valence-corrected chi connectivity index (χ1v) is 9.74. The predicted octanol–water partition coefficient (Wildman–Crippen LogP) is 1.14. The van der Waals surface area contributed by atoms with Crippen LogP contribution < -0.4 is 11.1 Å². The number of amides is 3. The van der Waals surface area contributed by atoms with E-state index in [0.717, 1.165) is 25.7 Å². The zero-order chi connectivity index (χ0) is 19.1. The van der Waals surface area contributed by atoms with E-state index in [9.17, 15) is 19.2 Å². The number of Topliss-reactive ketones (excluding diaryl/α,β-unsaturated/α-hetero) is 1. The molecule has 1 unspecified atom stereocenters. The third-order valence-corrected chi connectivity index (χ3v) is 5.43. The molecule has 1 saturated carbocycles. The van der Waals surface area contributed by atoms with Crippen LogP contribution in [0.2, 0.25) is 0 Å². The van der Waals surface area contributed by atoms with Crippen LogP contribution in [0.4, 0.5) is 0 Å². The van der Waals surface area contributed by atoms with Gasteiger partial charge in [-0.1, -0.05) is 26.2 Å². The second-order valence-electron chi connectivity index (χ2n) is 7.83. The van der Waals surface area contributed by atoms with Gasteiger partial charge in [0.05, 0.1) is 12.6 Å². The molecule has 0 aromatic carbocycles. The molecule has 146 valence electrons. The minimum atomic E-state index is -0.552. The summed E-state index contributed by atoms with van der Waals surface area (Å²) in [5.41, 5.74) is 5.23. The third kappa shape index (κ3) is 6.11. The standard InChI is InChI=1S/C19H31N3O4/c1-13(9-17(20)24)10-19(26)22(12-14-5-3-2-4-6-14)15-7-8-18(25)21-11-16(15)23/h13-15H,2-12H2,1H3,(H2,20,24)(H,21,25)/t13-,15?/m0/s1. The Morgan fingerprint density at radius 2 is 1.85 bits per heavy atom. The minimum absolute atomic E-state index is 0.0191. The van der Waals surface area contributed by atoms with Crippen molar-refractivity contribution < 1.29 is 19.2 Å². The zero-order valence-electron chi connectivity index (χ0n) is 15.7. The zero-order valence-corrected chi connectivity index (χ0v) is 15.7. The molecular formula is C19H31N3O4. The highest BCUT2D eigenvalue weighted by Crippen LogP contribution is 2.27. The summed E-state index contributed by atoms with van der Waals surface area (Å²) >= 11 is 0. The number of primary amides is 1. The highest BCUT2D eigenvalue weighted by atomic mass is 16.2. The Balaban J connectivity index is 2.11. The number of nitrogens with one attached hydrogen (secondary N) is 1. The van der Waals surface area contributed by atoms with Gasteiger partial charge in [0.2, 0.25) is 17.7 Å². The fourth-order valence-electron chi connectivity index (χ4n) is 4.03. The molecule has 1 aliphatic heterocycles. The lowest BCUT2D eigenvalue weighted by Crippen LogP contribution is -2.49. The van der Waals surface area contributed by atoms with Crippen LogP contribution in [0.15, 0.2) is 0 Å². The number of carbonyl (C=O) groups excluding carboxylic acids is 4. The summed E-state index contributed by atoms with van der Waals surface area (Å²) in [4.78, 5) is 49.9. The first-order valence-electron chi connectivity index (χ1n) is 9.74. The SMILES string of the molecule is C[C@@H](CC(N)=O)CC(=O)N(CC1CCCCC1)C1CCC(=O)NCC1=O. The molecule has 1 aliphatic carbocycles. The molecule has 7 nitrogen and oxygen atoms in total. The van der Waals surface area contributed by atoms with Crippen LogP contribution >= 0.6 is 0 Å². The van der Waals surface area contributed by atoms with Crippen molar-refractivity contribution in [3.05, 3.63) is 0 Å². The predicted molar refractivity (Wildman–Crippen MR) is 96.9 cm³/mol. The van der Waals surface area contributed by atoms with E-state index in [2.05, 4.69) is 5.32 Å². The summed E-state index contributed by atoms with van der Waals surface area (Å²) in [5, 5.41) is 2.60. The molecule has 3 amide bonds. The topological polar surface area (TPSA) is 110 Å². The molecule has 0 spiro atoms. The molecular weight excluding hydrogens is 334 g/mol. The summed E-state index contributed by atoms with van der Waals surface area (Å²) in [5.74, 6) is -0.551. The number of hydrogen-bond acceptors (Lipinski definition) is 4. The summed E-state index contributed by atoms with van der Waals surface area (Å²) in [6, 6.07) is -0.552. The van der Waals surface area contributed by atoms with Gasteiger partial charge in [0.1, 0.15) is 0 Å². The maximum absolute atomic E-state index is 13.0. The Kier molecular flexibility index (Phi) is 7.60. The maximum atomic E-state index is 13.0. The summed E-state index contributed by atoms with van der Waals surface area (Å²) in [6.07, 6.45) is 6.64. The van der Waals surface area contributed by atoms with Gasteiger partial charge in [-0.05, 0) is 31.1 Å². The Morgan fingerprint density at radius 1 is 1.15 bits per heavy atom. The van der Waals surface area contributed by atoms with Crippen LogP contribution in [0.5, 0.6) is 0 Å². The fraction of sp³-hybridized carbons (Fsp3) is 0.789. The summed E-state index contributed by atoms with van der Waals surface area (Å²) in [6.45, 7) is 2.36. The average molecular weight is 365 g/mol. The van der Waals surface area contributed by atoms with Gasteiger partial charge in [0.25, 0.3) is 0 Å². The van der Waals surface area contributed by atoms with E-state index in [1.165, 1.54) is 6.42 Å². The van der Waals surface area contributed by atoms with Gasteiger partial charge < -0.3 is 16.0 Å². The van der Waals surface area contributed by atoms with Crippen molar-refractivity contribution in [2.45, 2.75) is 70.8 Å². The molecule has 2 atom stereocenters. The van der Waals surface area contributed by atoms with E-state index in [1.54, 1.807) is 4.90 Å². The van der Waals surface area contributed by atoms with Gasteiger partial charge in [-0.2, -0.15) is 0 Å². The van der Waals surface area contributed by atoms with Crippen LogP contribution in [-0.4, -0.2) is 47.5 Å². The van der Waals surface area contributed by atoms with E-state index in [-0.39, 0.29) is 49.3 Å². The Labute approximate surface area is 155 Å². The summed E-state index contributed by atoms with van der Waals surface area (Å²) in [7, 11) is 0.